The molecule has 0 atom stereocenters. The highest BCUT2D eigenvalue weighted by molar-refractivity contribution is 6.22. The number of aromatic nitrogens is 3. The number of furan rings is 1. The number of hydrogen-bond acceptors (Lipinski definition) is 3. The Hall–Kier alpha value is -6.52. The molecule has 0 unspecified atom stereocenters. The molecule has 0 saturated carbocycles. The average Bonchev–Trinajstić information content (AvgIpc) is 3.71. The highest BCUT2D eigenvalue weighted by atomic mass is 16.3. The van der Waals surface area contributed by atoms with Gasteiger partial charge < -0.3 is 8.98 Å². The van der Waals surface area contributed by atoms with Crippen molar-refractivity contribution < 1.29 is 4.42 Å². The van der Waals surface area contributed by atoms with Crippen LogP contribution >= 0.6 is 0 Å². The fraction of sp³-hybridized carbons (Fsp3) is 0. The van der Waals surface area contributed by atoms with Gasteiger partial charge in [0.25, 0.3) is 0 Å². The molecular formula is C44H27N3O. The number of rotatable bonds is 4. The number of fused-ring (bicyclic) bond motifs is 8. The van der Waals surface area contributed by atoms with Gasteiger partial charge in [-0.05, 0) is 59.7 Å². The van der Waals surface area contributed by atoms with Crippen LogP contribution in [-0.4, -0.2) is 14.5 Å². The van der Waals surface area contributed by atoms with E-state index in [-0.39, 0.29) is 0 Å². The van der Waals surface area contributed by atoms with Crippen molar-refractivity contribution in [1.29, 1.82) is 0 Å². The lowest BCUT2D eigenvalue weighted by Crippen LogP contribution is -1.96. The van der Waals surface area contributed by atoms with Crippen molar-refractivity contribution in [2.75, 3.05) is 0 Å². The molecule has 3 aromatic heterocycles. The first-order valence-corrected chi connectivity index (χ1v) is 16.2. The van der Waals surface area contributed by atoms with Gasteiger partial charge in [0, 0.05) is 43.7 Å². The molecule has 0 amide bonds. The monoisotopic (exact) mass is 613 g/mol. The summed E-state index contributed by atoms with van der Waals surface area (Å²) >= 11 is 0. The molecule has 0 aliphatic carbocycles. The van der Waals surface area contributed by atoms with E-state index in [0.717, 1.165) is 60.9 Å². The van der Waals surface area contributed by atoms with Crippen LogP contribution in [0, 0.1) is 0 Å². The maximum absolute atomic E-state index is 6.27. The molecule has 48 heavy (non-hydrogen) atoms. The summed E-state index contributed by atoms with van der Waals surface area (Å²) in [6.07, 6.45) is 0. The predicted octanol–water partition coefficient (Wildman–Crippen LogP) is 11.6. The SMILES string of the molecule is c1ccc(-c2nc(-c3cccc(-c4cccc5c4c4ccccc4n5-c4ccccc4)c3)nc3ccc4oc5ccccc5c4c23)cc1. The molecule has 0 spiro atoms. The second-order valence-corrected chi connectivity index (χ2v) is 12.2. The molecule has 0 aliphatic rings. The molecule has 224 valence electrons. The number of nitrogens with zero attached hydrogens (tertiary/aromatic N) is 3. The third kappa shape index (κ3) is 4.03. The molecule has 10 rings (SSSR count). The molecule has 7 aromatic carbocycles. The fourth-order valence-electron chi connectivity index (χ4n) is 7.31. The standard InChI is InChI=1S/C44H27N3O/c1-3-13-28(14-4-1)43-42-35(25-26-39-41(42)34-20-8-10-24-38(34)48-39)45-44(46-43)30-16-11-15-29(27-30)32-21-12-23-37-40(32)33-19-7-9-22-36(33)47(37)31-17-5-2-6-18-31/h1-27H. The van der Waals surface area contributed by atoms with Crippen LogP contribution in [0.15, 0.2) is 168 Å². The quantitative estimate of drug-likeness (QED) is 0.198. The summed E-state index contributed by atoms with van der Waals surface area (Å²) in [4.78, 5) is 10.5. The predicted molar refractivity (Wildman–Crippen MR) is 197 cm³/mol. The Morgan fingerprint density at radius 2 is 1.12 bits per heavy atom. The normalized spacial score (nSPS) is 11.8. The minimum Gasteiger partial charge on any atom is -0.456 e. The highest BCUT2D eigenvalue weighted by Crippen LogP contribution is 2.41. The minimum atomic E-state index is 0.689. The summed E-state index contributed by atoms with van der Waals surface area (Å²) in [5.41, 5.74) is 11.3. The smallest absolute Gasteiger partial charge is 0.160 e. The van der Waals surface area contributed by atoms with Crippen molar-refractivity contribution in [3.05, 3.63) is 164 Å². The summed E-state index contributed by atoms with van der Waals surface area (Å²) in [5.74, 6) is 0.689. The van der Waals surface area contributed by atoms with Gasteiger partial charge >= 0.3 is 0 Å². The van der Waals surface area contributed by atoms with E-state index in [9.17, 15) is 0 Å². The van der Waals surface area contributed by atoms with Gasteiger partial charge in [-0.2, -0.15) is 0 Å². The topological polar surface area (TPSA) is 43.9 Å². The van der Waals surface area contributed by atoms with Gasteiger partial charge in [-0.25, -0.2) is 9.97 Å². The second kappa shape index (κ2) is 10.5. The summed E-state index contributed by atoms with van der Waals surface area (Å²) in [6.45, 7) is 0. The second-order valence-electron chi connectivity index (χ2n) is 12.2. The van der Waals surface area contributed by atoms with Crippen molar-refractivity contribution in [1.82, 2.24) is 14.5 Å². The van der Waals surface area contributed by atoms with E-state index in [4.69, 9.17) is 14.4 Å². The van der Waals surface area contributed by atoms with E-state index in [1.165, 1.54) is 27.4 Å². The van der Waals surface area contributed by atoms with Crippen LogP contribution in [0.4, 0.5) is 0 Å². The first-order chi connectivity index (χ1) is 23.8. The number of hydrogen-bond donors (Lipinski definition) is 0. The molecule has 4 heteroatoms. The lowest BCUT2D eigenvalue weighted by Gasteiger charge is -2.12. The summed E-state index contributed by atoms with van der Waals surface area (Å²) in [6, 6.07) is 57.2. The Labute approximate surface area is 276 Å². The Morgan fingerprint density at radius 1 is 0.438 bits per heavy atom. The van der Waals surface area contributed by atoms with E-state index in [0.29, 0.717) is 5.82 Å². The first-order valence-electron chi connectivity index (χ1n) is 16.2. The Bertz CT molecular complexity index is 2830. The zero-order chi connectivity index (χ0) is 31.6. The van der Waals surface area contributed by atoms with Crippen LogP contribution in [0.25, 0.3) is 94.1 Å². The van der Waals surface area contributed by atoms with Gasteiger partial charge in [-0.15, -0.1) is 0 Å². The molecule has 0 bridgehead atoms. The molecule has 4 nitrogen and oxygen atoms in total. The van der Waals surface area contributed by atoms with Gasteiger partial charge in [0.1, 0.15) is 11.2 Å². The summed E-state index contributed by atoms with van der Waals surface area (Å²) < 4.78 is 8.63. The average molecular weight is 614 g/mol. The summed E-state index contributed by atoms with van der Waals surface area (Å²) in [7, 11) is 0. The zero-order valence-corrected chi connectivity index (χ0v) is 25.8. The first kappa shape index (κ1) is 26.7. The molecule has 0 radical (unpaired) electrons. The third-order valence-corrected chi connectivity index (χ3v) is 9.39. The van der Waals surface area contributed by atoms with Crippen LogP contribution in [0.1, 0.15) is 0 Å². The molecule has 0 saturated heterocycles. The van der Waals surface area contributed by atoms with Crippen molar-refractivity contribution in [2.24, 2.45) is 0 Å². The van der Waals surface area contributed by atoms with E-state index >= 15 is 0 Å². The minimum absolute atomic E-state index is 0.689. The van der Waals surface area contributed by atoms with Crippen molar-refractivity contribution in [3.63, 3.8) is 0 Å². The van der Waals surface area contributed by atoms with Crippen LogP contribution in [0.3, 0.4) is 0 Å². The van der Waals surface area contributed by atoms with E-state index in [2.05, 4.69) is 144 Å². The molecule has 0 N–H and O–H groups in total. The van der Waals surface area contributed by atoms with Crippen molar-refractivity contribution in [2.45, 2.75) is 0 Å². The summed E-state index contributed by atoms with van der Waals surface area (Å²) in [5, 5.41) is 5.57. The maximum atomic E-state index is 6.27. The van der Waals surface area contributed by atoms with E-state index < -0.39 is 0 Å². The molecule has 0 fully saturated rings. The van der Waals surface area contributed by atoms with Crippen LogP contribution in [0.2, 0.25) is 0 Å². The van der Waals surface area contributed by atoms with Gasteiger partial charge in [0.2, 0.25) is 0 Å². The Morgan fingerprint density at radius 3 is 2.00 bits per heavy atom. The zero-order valence-electron chi connectivity index (χ0n) is 25.8. The van der Waals surface area contributed by atoms with E-state index in [1.807, 2.05) is 24.3 Å². The van der Waals surface area contributed by atoms with Crippen LogP contribution < -0.4 is 0 Å². The largest absolute Gasteiger partial charge is 0.456 e. The Kier molecular flexibility index (Phi) is 5.84. The van der Waals surface area contributed by atoms with Gasteiger partial charge in [0.05, 0.1) is 22.2 Å². The highest BCUT2D eigenvalue weighted by Gasteiger charge is 2.20. The van der Waals surface area contributed by atoms with Gasteiger partial charge in [-0.1, -0.05) is 115 Å². The van der Waals surface area contributed by atoms with Gasteiger partial charge in [0.15, 0.2) is 5.82 Å². The van der Waals surface area contributed by atoms with Crippen LogP contribution in [0.5, 0.6) is 0 Å². The molecule has 3 heterocycles. The fourth-order valence-corrected chi connectivity index (χ4v) is 7.31. The number of para-hydroxylation sites is 3. The van der Waals surface area contributed by atoms with Gasteiger partial charge in [-0.3, -0.25) is 0 Å². The Balaban J connectivity index is 1.21. The van der Waals surface area contributed by atoms with E-state index in [1.54, 1.807) is 0 Å². The molecular weight excluding hydrogens is 587 g/mol. The lowest BCUT2D eigenvalue weighted by atomic mass is 9.97. The maximum Gasteiger partial charge on any atom is 0.160 e. The third-order valence-electron chi connectivity index (χ3n) is 9.39. The lowest BCUT2D eigenvalue weighted by molar-refractivity contribution is 0.669. The van der Waals surface area contributed by atoms with Crippen molar-refractivity contribution >= 4 is 54.6 Å². The van der Waals surface area contributed by atoms with Crippen LogP contribution in [-0.2, 0) is 0 Å². The number of benzene rings is 7. The molecule has 0 aliphatic heterocycles. The molecule has 10 aromatic rings. The van der Waals surface area contributed by atoms with Crippen molar-refractivity contribution in [3.8, 4) is 39.5 Å².